The second-order valence-corrected chi connectivity index (χ2v) is 5.44. The lowest BCUT2D eigenvalue weighted by atomic mass is 10.0. The third-order valence-corrected chi connectivity index (χ3v) is 3.58. The zero-order valence-corrected chi connectivity index (χ0v) is 11.8. The van der Waals surface area contributed by atoms with Gasteiger partial charge in [-0.3, -0.25) is 4.79 Å². The van der Waals surface area contributed by atoms with Gasteiger partial charge in [0.05, 0.1) is 13.0 Å². The van der Waals surface area contributed by atoms with Gasteiger partial charge in [-0.1, -0.05) is 40.0 Å². The summed E-state index contributed by atoms with van der Waals surface area (Å²) in [5.74, 6) is 2.49. The van der Waals surface area contributed by atoms with Crippen molar-refractivity contribution in [1.29, 1.82) is 0 Å². The van der Waals surface area contributed by atoms with Crippen molar-refractivity contribution < 1.29 is 9.53 Å². The maximum atomic E-state index is 11.4. The quantitative estimate of drug-likeness (QED) is 0.432. The van der Waals surface area contributed by atoms with Crippen LogP contribution >= 0.6 is 11.8 Å². The minimum absolute atomic E-state index is 0.0316. The van der Waals surface area contributed by atoms with Crippen LogP contribution in [0.1, 0.15) is 52.9 Å². The van der Waals surface area contributed by atoms with Crippen molar-refractivity contribution >= 4 is 17.7 Å². The molecule has 0 saturated carbocycles. The lowest BCUT2D eigenvalue weighted by molar-refractivity contribution is -0.144. The fourth-order valence-electron chi connectivity index (χ4n) is 1.48. The molecule has 0 aliphatic rings. The average molecular weight is 246 g/mol. The van der Waals surface area contributed by atoms with E-state index in [-0.39, 0.29) is 5.97 Å². The van der Waals surface area contributed by atoms with Crippen LogP contribution in [0.4, 0.5) is 0 Å². The van der Waals surface area contributed by atoms with Crippen LogP contribution in [0.25, 0.3) is 0 Å². The smallest absolute Gasteiger partial charge is 0.306 e. The summed E-state index contributed by atoms with van der Waals surface area (Å²) in [6, 6.07) is 0. The molecular formula is C13H26O2S. The Morgan fingerprint density at radius 2 is 2.06 bits per heavy atom. The summed E-state index contributed by atoms with van der Waals surface area (Å²) in [6.45, 7) is 7.09. The molecule has 0 rings (SSSR count). The zero-order chi connectivity index (χ0) is 12.2. The number of hydrogen-bond acceptors (Lipinski definition) is 3. The third-order valence-electron chi connectivity index (χ3n) is 2.68. The van der Waals surface area contributed by atoms with E-state index in [1.54, 1.807) is 11.8 Å². The molecular weight excluding hydrogens is 220 g/mol. The molecule has 0 radical (unpaired) electrons. The minimum atomic E-state index is -0.0316. The molecule has 96 valence electrons. The largest absolute Gasteiger partial charge is 0.465 e. The summed E-state index contributed by atoms with van der Waals surface area (Å²) in [4.78, 5) is 11.4. The van der Waals surface area contributed by atoms with E-state index in [0.29, 0.717) is 18.9 Å². The van der Waals surface area contributed by atoms with E-state index in [2.05, 4.69) is 20.8 Å². The van der Waals surface area contributed by atoms with Crippen LogP contribution in [-0.2, 0) is 9.53 Å². The summed E-state index contributed by atoms with van der Waals surface area (Å²) in [5.41, 5.74) is 0. The molecule has 2 nitrogen and oxygen atoms in total. The van der Waals surface area contributed by atoms with Crippen LogP contribution < -0.4 is 0 Å². The van der Waals surface area contributed by atoms with Crippen molar-refractivity contribution in [3.05, 3.63) is 0 Å². The van der Waals surface area contributed by atoms with Crippen LogP contribution in [0.5, 0.6) is 0 Å². The summed E-state index contributed by atoms with van der Waals surface area (Å²) >= 11 is 1.79. The molecule has 0 aliphatic carbocycles. The van der Waals surface area contributed by atoms with E-state index >= 15 is 0 Å². The van der Waals surface area contributed by atoms with Gasteiger partial charge in [0.15, 0.2) is 0 Å². The lowest BCUT2D eigenvalue weighted by Gasteiger charge is -2.14. The number of ether oxygens (including phenoxy) is 1. The highest BCUT2D eigenvalue weighted by atomic mass is 32.2. The second kappa shape index (κ2) is 11.3. The van der Waals surface area contributed by atoms with Gasteiger partial charge < -0.3 is 4.74 Å². The Balaban J connectivity index is 3.54. The maximum Gasteiger partial charge on any atom is 0.306 e. The van der Waals surface area contributed by atoms with Crippen molar-refractivity contribution in [3.63, 3.8) is 0 Å². The molecule has 3 heteroatoms. The number of thioether (sulfide) groups is 1. The van der Waals surface area contributed by atoms with Crippen molar-refractivity contribution in [2.45, 2.75) is 52.9 Å². The Bertz CT molecular complexity index is 171. The summed E-state index contributed by atoms with van der Waals surface area (Å²) in [7, 11) is 0. The second-order valence-electron chi connectivity index (χ2n) is 4.05. The molecule has 16 heavy (non-hydrogen) atoms. The van der Waals surface area contributed by atoms with Gasteiger partial charge in [0, 0.05) is 5.75 Å². The molecule has 0 aromatic rings. The average Bonchev–Trinajstić information content (AvgIpc) is 2.30. The van der Waals surface area contributed by atoms with Crippen molar-refractivity contribution in [2.24, 2.45) is 5.92 Å². The molecule has 0 fully saturated rings. The van der Waals surface area contributed by atoms with E-state index < -0.39 is 0 Å². The van der Waals surface area contributed by atoms with Crippen LogP contribution in [0.15, 0.2) is 0 Å². The minimum Gasteiger partial charge on any atom is -0.465 e. The normalized spacial score (nSPS) is 12.4. The molecule has 1 atom stereocenters. The van der Waals surface area contributed by atoms with Gasteiger partial charge in [-0.15, -0.1) is 0 Å². The highest BCUT2D eigenvalue weighted by molar-refractivity contribution is 7.99. The predicted octanol–water partition coefficient (Wildman–Crippen LogP) is 3.89. The Hall–Kier alpha value is -0.180. The molecule has 0 aliphatic heterocycles. The Labute approximate surface area is 105 Å². The van der Waals surface area contributed by atoms with Crippen LogP contribution in [0.3, 0.4) is 0 Å². The van der Waals surface area contributed by atoms with Gasteiger partial charge in [0.2, 0.25) is 0 Å². The molecule has 0 aromatic heterocycles. The molecule has 0 N–H and O–H groups in total. The molecule has 0 aromatic carbocycles. The first-order chi connectivity index (χ1) is 7.74. The lowest BCUT2D eigenvalue weighted by Crippen LogP contribution is -2.14. The van der Waals surface area contributed by atoms with Crippen molar-refractivity contribution in [2.75, 3.05) is 18.1 Å². The number of carbonyl (C=O) groups is 1. The summed E-state index contributed by atoms with van der Waals surface area (Å²) in [5, 5.41) is 0. The maximum absolute atomic E-state index is 11.4. The Kier molecular flexibility index (Phi) is 11.2. The number of carbonyl (C=O) groups excluding carboxylic acids is 1. The Morgan fingerprint density at radius 1 is 1.31 bits per heavy atom. The first kappa shape index (κ1) is 15.8. The van der Waals surface area contributed by atoms with Gasteiger partial charge in [-0.05, 0) is 18.1 Å². The van der Waals surface area contributed by atoms with Gasteiger partial charge >= 0.3 is 5.97 Å². The van der Waals surface area contributed by atoms with E-state index in [1.165, 1.54) is 19.3 Å². The van der Waals surface area contributed by atoms with Crippen LogP contribution in [0.2, 0.25) is 0 Å². The monoisotopic (exact) mass is 246 g/mol. The first-order valence-corrected chi connectivity index (χ1v) is 7.63. The van der Waals surface area contributed by atoms with Crippen molar-refractivity contribution in [3.8, 4) is 0 Å². The summed E-state index contributed by atoms with van der Waals surface area (Å²) in [6.07, 6.45) is 5.31. The van der Waals surface area contributed by atoms with Gasteiger partial charge in [-0.2, -0.15) is 11.8 Å². The van der Waals surface area contributed by atoms with E-state index in [9.17, 15) is 4.79 Å². The highest BCUT2D eigenvalue weighted by Crippen LogP contribution is 2.13. The number of esters is 1. The third kappa shape index (κ3) is 9.08. The number of hydrogen-bond donors (Lipinski definition) is 0. The fraction of sp³-hybridized carbons (Fsp3) is 0.923. The SMILES string of the molecule is CCCCC(CC)COC(=O)CCSCC. The molecule has 0 saturated heterocycles. The van der Waals surface area contributed by atoms with Crippen LogP contribution in [0, 0.1) is 5.92 Å². The van der Waals surface area contributed by atoms with E-state index in [1.807, 2.05) is 0 Å². The van der Waals surface area contributed by atoms with Crippen molar-refractivity contribution in [1.82, 2.24) is 0 Å². The van der Waals surface area contributed by atoms with Gasteiger partial charge in [-0.25, -0.2) is 0 Å². The molecule has 0 amide bonds. The molecule has 1 unspecified atom stereocenters. The molecule has 0 heterocycles. The van der Waals surface area contributed by atoms with Crippen LogP contribution in [-0.4, -0.2) is 24.1 Å². The standard InChI is InChI=1S/C13H26O2S/c1-4-7-8-12(5-2)11-15-13(14)9-10-16-6-3/h12H,4-11H2,1-3H3. The topological polar surface area (TPSA) is 26.3 Å². The van der Waals surface area contributed by atoms with Gasteiger partial charge in [0.25, 0.3) is 0 Å². The molecule has 0 bridgehead atoms. The molecule has 0 spiro atoms. The van der Waals surface area contributed by atoms with E-state index in [0.717, 1.165) is 17.9 Å². The first-order valence-electron chi connectivity index (χ1n) is 6.47. The van der Waals surface area contributed by atoms with E-state index in [4.69, 9.17) is 4.74 Å². The zero-order valence-electron chi connectivity index (χ0n) is 11.0. The highest BCUT2D eigenvalue weighted by Gasteiger charge is 2.09. The predicted molar refractivity (Wildman–Crippen MR) is 71.9 cm³/mol. The number of unbranched alkanes of at least 4 members (excludes halogenated alkanes) is 1. The van der Waals surface area contributed by atoms with Gasteiger partial charge in [0.1, 0.15) is 0 Å². The Morgan fingerprint density at radius 3 is 2.62 bits per heavy atom. The summed E-state index contributed by atoms with van der Waals surface area (Å²) < 4.78 is 5.29. The fourth-order valence-corrected chi connectivity index (χ4v) is 2.08. The number of rotatable bonds is 10.